The number of imidazole rings is 1. The molecule has 2 aromatic rings. The highest BCUT2D eigenvalue weighted by atomic mass is 32.1. The van der Waals surface area contributed by atoms with Crippen LogP contribution in [0, 0.1) is 5.92 Å². The second kappa shape index (κ2) is 5.63. The van der Waals surface area contributed by atoms with Crippen molar-refractivity contribution in [2.75, 3.05) is 26.2 Å². The average molecular weight is 344 g/mol. The molecule has 1 amide bonds. The second-order valence-corrected chi connectivity index (χ2v) is 7.63. The van der Waals surface area contributed by atoms with Crippen molar-refractivity contribution in [3.8, 4) is 0 Å². The van der Waals surface area contributed by atoms with Crippen LogP contribution in [-0.4, -0.2) is 61.0 Å². The first-order valence-electron chi connectivity index (χ1n) is 8.64. The zero-order valence-electron chi connectivity index (χ0n) is 13.5. The van der Waals surface area contributed by atoms with Crippen LogP contribution in [0.15, 0.2) is 11.7 Å². The summed E-state index contributed by atoms with van der Waals surface area (Å²) >= 11 is 1.22. The van der Waals surface area contributed by atoms with Crippen LogP contribution in [0.1, 0.15) is 40.8 Å². The van der Waals surface area contributed by atoms with E-state index < -0.39 is 0 Å². The fourth-order valence-corrected chi connectivity index (χ4v) is 4.34. The molecule has 3 aliphatic rings. The lowest BCUT2D eigenvalue weighted by Gasteiger charge is -2.43. The van der Waals surface area contributed by atoms with Crippen molar-refractivity contribution in [1.82, 2.24) is 28.9 Å². The second-order valence-electron chi connectivity index (χ2n) is 7.02. The van der Waals surface area contributed by atoms with E-state index in [2.05, 4.69) is 19.1 Å². The fraction of sp³-hybridized carbons (Fsp3) is 0.625. The number of hydrogen-bond acceptors (Lipinski definition) is 6. The van der Waals surface area contributed by atoms with Crippen molar-refractivity contribution in [1.29, 1.82) is 0 Å². The molecular weight excluding hydrogens is 324 g/mol. The van der Waals surface area contributed by atoms with E-state index in [-0.39, 0.29) is 11.9 Å². The van der Waals surface area contributed by atoms with Gasteiger partial charge >= 0.3 is 0 Å². The lowest BCUT2D eigenvalue weighted by Crippen LogP contribution is -2.52. The van der Waals surface area contributed by atoms with Crippen LogP contribution in [-0.2, 0) is 13.0 Å². The van der Waals surface area contributed by atoms with Crippen LogP contribution < -0.4 is 0 Å². The summed E-state index contributed by atoms with van der Waals surface area (Å²) in [7, 11) is 0. The summed E-state index contributed by atoms with van der Waals surface area (Å²) in [6.07, 6.45) is 5.79. The number of aromatic nitrogens is 4. The summed E-state index contributed by atoms with van der Waals surface area (Å²) in [5.74, 6) is 0.843. The highest BCUT2D eigenvalue weighted by Gasteiger charge is 2.37. The van der Waals surface area contributed by atoms with E-state index in [1.54, 1.807) is 5.38 Å². The standard InChI is InChI=1S/C16H20N6OS/c23-16(12-9-24-19-18-12)21-6-5-20-4-3-13-15(14(20)8-21)17-10-22(13)7-11-1-2-11/h9-11,14H,1-8H2. The maximum atomic E-state index is 12.6. The molecule has 1 aliphatic carbocycles. The summed E-state index contributed by atoms with van der Waals surface area (Å²) in [4.78, 5) is 21.7. The highest BCUT2D eigenvalue weighted by Crippen LogP contribution is 2.35. The summed E-state index contributed by atoms with van der Waals surface area (Å²) in [5, 5.41) is 5.65. The van der Waals surface area contributed by atoms with E-state index in [1.165, 1.54) is 35.8 Å². The van der Waals surface area contributed by atoms with Crippen LogP contribution >= 0.6 is 11.5 Å². The predicted octanol–water partition coefficient (Wildman–Crippen LogP) is 1.20. The maximum Gasteiger partial charge on any atom is 0.275 e. The zero-order valence-corrected chi connectivity index (χ0v) is 14.3. The highest BCUT2D eigenvalue weighted by molar-refractivity contribution is 7.03. The molecule has 1 unspecified atom stereocenters. The Kier molecular flexibility index (Phi) is 3.41. The summed E-state index contributed by atoms with van der Waals surface area (Å²) in [6.45, 7) is 4.54. The van der Waals surface area contributed by atoms with Gasteiger partial charge in [-0.25, -0.2) is 4.98 Å². The molecule has 126 valence electrons. The third kappa shape index (κ3) is 2.44. The van der Waals surface area contributed by atoms with Gasteiger partial charge in [-0.15, -0.1) is 5.10 Å². The third-order valence-electron chi connectivity index (χ3n) is 5.44. The molecule has 0 spiro atoms. The van der Waals surface area contributed by atoms with Gasteiger partial charge in [-0.1, -0.05) is 4.49 Å². The Hall–Kier alpha value is -1.80. The van der Waals surface area contributed by atoms with E-state index in [4.69, 9.17) is 4.98 Å². The van der Waals surface area contributed by atoms with Crippen LogP contribution in [0.4, 0.5) is 0 Å². The van der Waals surface area contributed by atoms with Gasteiger partial charge in [-0.3, -0.25) is 9.69 Å². The Morgan fingerprint density at radius 3 is 3.00 bits per heavy atom. The van der Waals surface area contributed by atoms with Crippen LogP contribution in [0.25, 0.3) is 0 Å². The predicted molar refractivity (Wildman–Crippen MR) is 88.8 cm³/mol. The SMILES string of the molecule is O=C(c1csnn1)N1CCN2CCc3c(ncn3CC3CC3)C2C1. The van der Waals surface area contributed by atoms with E-state index in [9.17, 15) is 4.79 Å². The Morgan fingerprint density at radius 1 is 1.29 bits per heavy atom. The molecule has 0 N–H and O–H groups in total. The van der Waals surface area contributed by atoms with E-state index in [0.717, 1.165) is 38.5 Å². The van der Waals surface area contributed by atoms with E-state index >= 15 is 0 Å². The molecule has 2 aliphatic heterocycles. The van der Waals surface area contributed by atoms with Gasteiger partial charge in [0.15, 0.2) is 5.69 Å². The zero-order chi connectivity index (χ0) is 16.1. The molecule has 8 heteroatoms. The van der Waals surface area contributed by atoms with Crippen molar-refractivity contribution in [3.63, 3.8) is 0 Å². The molecule has 1 saturated carbocycles. The van der Waals surface area contributed by atoms with Gasteiger partial charge in [0.2, 0.25) is 0 Å². The van der Waals surface area contributed by atoms with Crippen molar-refractivity contribution in [3.05, 3.63) is 28.8 Å². The summed E-state index contributed by atoms with van der Waals surface area (Å²) < 4.78 is 6.17. The van der Waals surface area contributed by atoms with Crippen LogP contribution in [0.3, 0.4) is 0 Å². The number of hydrogen-bond donors (Lipinski definition) is 0. The number of amides is 1. The number of fused-ring (bicyclic) bond motifs is 3. The fourth-order valence-electron chi connectivity index (χ4n) is 3.91. The smallest absolute Gasteiger partial charge is 0.275 e. The molecular formula is C16H20N6OS. The molecule has 5 rings (SSSR count). The molecule has 7 nitrogen and oxygen atoms in total. The first kappa shape index (κ1) is 14.5. The van der Waals surface area contributed by atoms with Crippen LogP contribution in [0.2, 0.25) is 0 Å². The van der Waals surface area contributed by atoms with Gasteiger partial charge in [0.25, 0.3) is 5.91 Å². The quantitative estimate of drug-likeness (QED) is 0.837. The molecule has 4 heterocycles. The molecule has 0 aromatic carbocycles. The van der Waals surface area contributed by atoms with Gasteiger partial charge in [-0.05, 0) is 30.3 Å². The number of rotatable bonds is 3. The average Bonchev–Trinajstić information content (AvgIpc) is 3.10. The Labute approximate surface area is 144 Å². The molecule has 2 aromatic heterocycles. The van der Waals surface area contributed by atoms with Gasteiger partial charge < -0.3 is 9.47 Å². The van der Waals surface area contributed by atoms with Gasteiger partial charge in [0, 0.05) is 50.2 Å². The number of nitrogens with zero attached hydrogens (tertiary/aromatic N) is 6. The van der Waals surface area contributed by atoms with Crippen LogP contribution in [0.5, 0.6) is 0 Å². The first-order valence-corrected chi connectivity index (χ1v) is 9.47. The van der Waals surface area contributed by atoms with Crippen molar-refractivity contribution in [2.45, 2.75) is 31.8 Å². The normalized spacial score (nSPS) is 23.8. The molecule has 0 bridgehead atoms. The minimum atomic E-state index is -0.00654. The lowest BCUT2D eigenvalue weighted by molar-refractivity contribution is 0.0436. The summed E-state index contributed by atoms with van der Waals surface area (Å²) in [5.41, 5.74) is 3.02. The summed E-state index contributed by atoms with van der Waals surface area (Å²) in [6, 6.07) is 0.221. The third-order valence-corrected chi connectivity index (χ3v) is 5.94. The first-order chi connectivity index (χ1) is 11.8. The molecule has 1 atom stereocenters. The van der Waals surface area contributed by atoms with Crippen molar-refractivity contribution >= 4 is 17.4 Å². The maximum absolute atomic E-state index is 12.6. The van der Waals surface area contributed by atoms with Gasteiger partial charge in [0.1, 0.15) is 0 Å². The number of carbonyl (C=O) groups is 1. The minimum Gasteiger partial charge on any atom is -0.334 e. The Bertz CT molecular complexity index is 753. The monoisotopic (exact) mass is 344 g/mol. The lowest BCUT2D eigenvalue weighted by atomic mass is 9.99. The van der Waals surface area contributed by atoms with Crippen molar-refractivity contribution < 1.29 is 4.79 Å². The van der Waals surface area contributed by atoms with Gasteiger partial charge in [0.05, 0.1) is 18.1 Å². The van der Waals surface area contributed by atoms with Crippen molar-refractivity contribution in [2.24, 2.45) is 5.92 Å². The Balaban J connectivity index is 1.39. The topological polar surface area (TPSA) is 67.2 Å². The number of piperazine rings is 1. The number of carbonyl (C=O) groups excluding carboxylic acids is 1. The molecule has 0 radical (unpaired) electrons. The Morgan fingerprint density at radius 2 is 2.21 bits per heavy atom. The minimum absolute atomic E-state index is 0.00654. The molecule has 24 heavy (non-hydrogen) atoms. The van der Waals surface area contributed by atoms with E-state index in [1.807, 2.05) is 11.2 Å². The molecule has 2 fully saturated rings. The largest absolute Gasteiger partial charge is 0.334 e. The van der Waals surface area contributed by atoms with Gasteiger partial charge in [-0.2, -0.15) is 0 Å². The van der Waals surface area contributed by atoms with E-state index in [0.29, 0.717) is 12.2 Å². The molecule has 1 saturated heterocycles.